The first kappa shape index (κ1) is 18.6. The quantitative estimate of drug-likeness (QED) is 0.824. The van der Waals surface area contributed by atoms with Crippen LogP contribution >= 0.6 is 0 Å². The van der Waals surface area contributed by atoms with Crippen LogP contribution in [0.15, 0.2) is 36.9 Å². The summed E-state index contributed by atoms with van der Waals surface area (Å²) in [6.45, 7) is 6.74. The maximum atomic E-state index is 11.9. The number of carboxylic acid groups (broad SMARTS) is 1. The highest BCUT2D eigenvalue weighted by Gasteiger charge is 2.32. The van der Waals surface area contributed by atoms with Crippen molar-refractivity contribution in [1.29, 1.82) is 0 Å². The number of aryl methyl sites for hydroxylation is 1. The molecule has 1 aliphatic heterocycles. The maximum Gasteiger partial charge on any atom is 0.325 e. The molecule has 0 radical (unpaired) electrons. The van der Waals surface area contributed by atoms with Gasteiger partial charge in [0.1, 0.15) is 6.04 Å². The Kier molecular flexibility index (Phi) is 6.04. The normalized spacial score (nSPS) is 17.5. The molecule has 0 spiro atoms. The van der Waals surface area contributed by atoms with Gasteiger partial charge < -0.3 is 5.11 Å². The first-order chi connectivity index (χ1) is 12.5. The zero-order valence-corrected chi connectivity index (χ0v) is 15.6. The third kappa shape index (κ3) is 4.49. The van der Waals surface area contributed by atoms with Crippen LogP contribution in [-0.4, -0.2) is 43.8 Å². The zero-order chi connectivity index (χ0) is 18.5. The molecule has 3 rings (SSSR count). The lowest BCUT2D eigenvalue weighted by molar-refractivity contribution is -0.144. The fourth-order valence-corrected chi connectivity index (χ4v) is 3.67. The van der Waals surface area contributed by atoms with E-state index in [1.54, 1.807) is 6.20 Å². The van der Waals surface area contributed by atoms with Crippen molar-refractivity contribution in [3.8, 4) is 0 Å². The largest absolute Gasteiger partial charge is 0.480 e. The summed E-state index contributed by atoms with van der Waals surface area (Å²) in [5.74, 6) is 0.290. The van der Waals surface area contributed by atoms with Gasteiger partial charge in [-0.15, -0.1) is 0 Å². The molecule has 0 amide bonds. The lowest BCUT2D eigenvalue weighted by Crippen LogP contribution is -2.39. The van der Waals surface area contributed by atoms with Gasteiger partial charge in [0, 0.05) is 30.7 Å². The van der Waals surface area contributed by atoms with E-state index in [9.17, 15) is 9.90 Å². The molecule has 6 heteroatoms. The number of carbonyl (C=O) groups is 1. The van der Waals surface area contributed by atoms with E-state index in [-0.39, 0.29) is 0 Å². The number of piperidine rings is 1. The molecular weight excluding hydrogens is 328 g/mol. The Morgan fingerprint density at radius 1 is 1.27 bits per heavy atom. The van der Waals surface area contributed by atoms with E-state index < -0.39 is 12.0 Å². The maximum absolute atomic E-state index is 11.9. The van der Waals surface area contributed by atoms with Crippen LogP contribution in [0.2, 0.25) is 0 Å². The van der Waals surface area contributed by atoms with E-state index in [1.807, 2.05) is 23.3 Å². The van der Waals surface area contributed by atoms with Gasteiger partial charge in [-0.1, -0.05) is 13.8 Å². The van der Waals surface area contributed by atoms with Gasteiger partial charge in [0.25, 0.3) is 0 Å². The van der Waals surface area contributed by atoms with E-state index >= 15 is 0 Å². The van der Waals surface area contributed by atoms with Crippen molar-refractivity contribution < 1.29 is 9.90 Å². The topological polar surface area (TPSA) is 71.2 Å². The van der Waals surface area contributed by atoms with Crippen molar-refractivity contribution in [2.24, 2.45) is 5.92 Å². The minimum atomic E-state index is -0.796. The van der Waals surface area contributed by atoms with E-state index in [2.05, 4.69) is 41.0 Å². The third-order valence-corrected chi connectivity index (χ3v) is 5.21. The molecule has 26 heavy (non-hydrogen) atoms. The highest BCUT2D eigenvalue weighted by atomic mass is 16.4. The molecule has 2 aromatic heterocycles. The SMILES string of the molecule is CC(C)CCn1cc(C(C(=O)O)N2CCC(c3ccncc3)CC2)cn1. The fraction of sp³-hybridized carbons (Fsp3) is 0.550. The average Bonchev–Trinajstić information content (AvgIpc) is 3.09. The molecule has 1 atom stereocenters. The van der Waals surface area contributed by atoms with Gasteiger partial charge in [0.2, 0.25) is 0 Å². The summed E-state index contributed by atoms with van der Waals surface area (Å²) in [4.78, 5) is 18.1. The van der Waals surface area contributed by atoms with Gasteiger partial charge in [-0.3, -0.25) is 19.4 Å². The van der Waals surface area contributed by atoms with Crippen molar-refractivity contribution in [3.63, 3.8) is 0 Å². The van der Waals surface area contributed by atoms with Gasteiger partial charge in [0.05, 0.1) is 6.20 Å². The molecule has 3 heterocycles. The van der Waals surface area contributed by atoms with Crippen LogP contribution in [-0.2, 0) is 11.3 Å². The monoisotopic (exact) mass is 356 g/mol. The Balaban J connectivity index is 1.65. The number of carboxylic acids is 1. The molecule has 2 aromatic rings. The minimum Gasteiger partial charge on any atom is -0.480 e. The van der Waals surface area contributed by atoms with Crippen molar-refractivity contribution in [3.05, 3.63) is 48.0 Å². The first-order valence-electron chi connectivity index (χ1n) is 9.43. The molecule has 0 saturated carbocycles. The van der Waals surface area contributed by atoms with E-state index in [4.69, 9.17) is 0 Å². The van der Waals surface area contributed by atoms with Gasteiger partial charge >= 0.3 is 5.97 Å². The van der Waals surface area contributed by atoms with Gasteiger partial charge in [-0.25, -0.2) is 0 Å². The Morgan fingerprint density at radius 2 is 1.96 bits per heavy atom. The molecule has 1 saturated heterocycles. The molecule has 1 unspecified atom stereocenters. The minimum absolute atomic E-state index is 0.484. The number of likely N-dealkylation sites (tertiary alicyclic amines) is 1. The molecule has 0 bridgehead atoms. The van der Waals surface area contributed by atoms with Crippen LogP contribution in [0.25, 0.3) is 0 Å². The lowest BCUT2D eigenvalue weighted by atomic mass is 9.89. The van der Waals surface area contributed by atoms with Crippen LogP contribution in [0.3, 0.4) is 0 Å². The number of nitrogens with zero attached hydrogens (tertiary/aromatic N) is 4. The number of pyridine rings is 1. The lowest BCUT2D eigenvalue weighted by Gasteiger charge is -2.35. The number of rotatable bonds is 7. The Morgan fingerprint density at radius 3 is 2.58 bits per heavy atom. The van der Waals surface area contributed by atoms with Gasteiger partial charge in [-0.05, 0) is 61.9 Å². The first-order valence-corrected chi connectivity index (χ1v) is 9.43. The zero-order valence-electron chi connectivity index (χ0n) is 15.6. The third-order valence-electron chi connectivity index (χ3n) is 5.21. The standard InChI is InChI=1S/C20H28N4O2/c1-15(2)5-12-24-14-18(13-22-24)19(20(25)26)23-10-6-17(7-11-23)16-3-8-21-9-4-16/h3-4,8-9,13-15,17,19H,5-7,10-12H2,1-2H3,(H,25,26). The van der Waals surface area contributed by atoms with E-state index in [1.165, 1.54) is 5.56 Å². The van der Waals surface area contributed by atoms with Crippen molar-refractivity contribution >= 4 is 5.97 Å². The summed E-state index contributed by atoms with van der Waals surface area (Å²) in [5.41, 5.74) is 2.08. The molecule has 1 N–H and O–H groups in total. The second kappa shape index (κ2) is 8.45. The van der Waals surface area contributed by atoms with Crippen molar-refractivity contribution in [2.45, 2.75) is 51.6 Å². The van der Waals surface area contributed by atoms with Crippen LogP contribution < -0.4 is 0 Å². The van der Waals surface area contributed by atoms with Crippen LogP contribution in [0, 0.1) is 5.92 Å². The van der Waals surface area contributed by atoms with Crippen LogP contribution in [0.5, 0.6) is 0 Å². The molecule has 140 valence electrons. The van der Waals surface area contributed by atoms with E-state index in [0.29, 0.717) is 11.8 Å². The summed E-state index contributed by atoms with van der Waals surface area (Å²) < 4.78 is 1.87. The smallest absolute Gasteiger partial charge is 0.325 e. The Hall–Kier alpha value is -2.21. The molecule has 6 nitrogen and oxygen atoms in total. The molecule has 1 fully saturated rings. The highest BCUT2D eigenvalue weighted by Crippen LogP contribution is 2.32. The van der Waals surface area contributed by atoms with Crippen molar-refractivity contribution in [1.82, 2.24) is 19.7 Å². The van der Waals surface area contributed by atoms with Crippen molar-refractivity contribution in [2.75, 3.05) is 13.1 Å². The summed E-state index contributed by atoms with van der Waals surface area (Å²) in [7, 11) is 0. The second-order valence-corrected chi connectivity index (χ2v) is 7.55. The number of hydrogen-bond donors (Lipinski definition) is 1. The molecular formula is C20H28N4O2. The molecule has 1 aliphatic rings. The van der Waals surface area contributed by atoms with Gasteiger partial charge in [0.15, 0.2) is 0 Å². The summed E-state index contributed by atoms with van der Waals surface area (Å²) >= 11 is 0. The predicted molar refractivity (Wildman–Crippen MR) is 99.8 cm³/mol. The number of aromatic nitrogens is 3. The summed E-state index contributed by atoms with van der Waals surface area (Å²) in [5, 5.41) is 14.2. The number of hydrogen-bond acceptors (Lipinski definition) is 4. The van der Waals surface area contributed by atoms with Gasteiger partial charge in [-0.2, -0.15) is 5.10 Å². The highest BCUT2D eigenvalue weighted by molar-refractivity contribution is 5.75. The molecule has 0 aliphatic carbocycles. The number of aliphatic carboxylic acids is 1. The summed E-state index contributed by atoms with van der Waals surface area (Å²) in [6.07, 6.45) is 10.2. The Labute approximate surface area is 154 Å². The summed E-state index contributed by atoms with van der Waals surface area (Å²) in [6, 6.07) is 3.52. The second-order valence-electron chi connectivity index (χ2n) is 7.55. The average molecular weight is 356 g/mol. The predicted octanol–water partition coefficient (Wildman–Crippen LogP) is 3.33. The molecule has 0 aromatic carbocycles. The van der Waals surface area contributed by atoms with Crippen LogP contribution in [0.1, 0.15) is 56.2 Å². The van der Waals surface area contributed by atoms with Crippen LogP contribution in [0.4, 0.5) is 0 Å². The fourth-order valence-electron chi connectivity index (χ4n) is 3.67. The Bertz CT molecular complexity index is 706. The van der Waals surface area contributed by atoms with E-state index in [0.717, 1.165) is 44.5 Å².